The van der Waals surface area contributed by atoms with Crippen LogP contribution in [-0.4, -0.2) is 35.5 Å². The van der Waals surface area contributed by atoms with Crippen molar-refractivity contribution in [2.75, 3.05) is 30.4 Å². The van der Waals surface area contributed by atoms with Crippen LogP contribution >= 0.6 is 15.9 Å². The molecule has 16 heavy (non-hydrogen) atoms. The van der Waals surface area contributed by atoms with Crippen molar-refractivity contribution in [3.8, 4) is 5.88 Å². The monoisotopic (exact) mass is 285 g/mol. The number of ether oxygens (including phenoxy) is 1. The number of aromatic nitrogens is 2. The molecule has 1 aromatic rings. The number of hydrogen-bond donors (Lipinski definition) is 0. The number of anilines is 1. The lowest BCUT2D eigenvalue weighted by molar-refractivity contribution is 0.393. The van der Waals surface area contributed by atoms with Crippen molar-refractivity contribution in [1.82, 2.24) is 9.97 Å². The Balaban J connectivity index is 2.10. The minimum atomic E-state index is 0.582. The summed E-state index contributed by atoms with van der Waals surface area (Å²) in [5.41, 5.74) is 0. The predicted octanol–water partition coefficient (Wildman–Crippen LogP) is 2.10. The second-order valence-electron chi connectivity index (χ2n) is 4.03. The molecule has 2 rings (SSSR count). The Morgan fingerprint density at radius 1 is 1.56 bits per heavy atom. The van der Waals surface area contributed by atoms with Gasteiger partial charge >= 0.3 is 0 Å². The lowest BCUT2D eigenvalue weighted by Gasteiger charge is -2.32. The molecule has 0 saturated carbocycles. The number of halogens is 1. The highest BCUT2D eigenvalue weighted by molar-refractivity contribution is 9.09. The van der Waals surface area contributed by atoms with E-state index in [1.165, 1.54) is 12.8 Å². The van der Waals surface area contributed by atoms with Crippen LogP contribution < -0.4 is 9.64 Å². The number of alkyl halides is 1. The number of hydrogen-bond acceptors (Lipinski definition) is 4. The van der Waals surface area contributed by atoms with E-state index in [4.69, 9.17) is 4.74 Å². The van der Waals surface area contributed by atoms with Gasteiger partial charge in [-0.1, -0.05) is 15.9 Å². The van der Waals surface area contributed by atoms with Crippen LogP contribution in [0, 0.1) is 5.92 Å². The number of piperidine rings is 1. The summed E-state index contributed by atoms with van der Waals surface area (Å²) in [5.74, 6) is 2.21. The molecule has 0 aromatic carbocycles. The van der Waals surface area contributed by atoms with Gasteiger partial charge in [-0.25, -0.2) is 0 Å². The Hall–Kier alpha value is -0.840. The van der Waals surface area contributed by atoms with Crippen LogP contribution in [0.5, 0.6) is 5.88 Å². The van der Waals surface area contributed by atoms with Gasteiger partial charge in [0.05, 0.1) is 19.5 Å². The lowest BCUT2D eigenvalue weighted by Crippen LogP contribution is -2.36. The summed E-state index contributed by atoms with van der Waals surface area (Å²) in [7, 11) is 1.62. The van der Waals surface area contributed by atoms with Crippen LogP contribution in [-0.2, 0) is 0 Å². The van der Waals surface area contributed by atoms with Crippen LogP contribution in [0.1, 0.15) is 12.8 Å². The van der Waals surface area contributed by atoms with E-state index in [1.807, 2.05) is 0 Å². The third-order valence-corrected chi connectivity index (χ3v) is 3.79. The molecule has 1 aromatic heterocycles. The summed E-state index contributed by atoms with van der Waals surface area (Å²) in [6.45, 7) is 2.11. The Bertz CT molecular complexity index is 348. The Kier molecular flexibility index (Phi) is 3.98. The van der Waals surface area contributed by atoms with Gasteiger partial charge in [0, 0.05) is 18.4 Å². The Labute approximate surface area is 104 Å². The van der Waals surface area contributed by atoms with Crippen LogP contribution in [0.15, 0.2) is 12.4 Å². The highest BCUT2D eigenvalue weighted by atomic mass is 79.9. The van der Waals surface area contributed by atoms with Crippen LogP contribution in [0.2, 0.25) is 0 Å². The van der Waals surface area contributed by atoms with Gasteiger partial charge in [-0.05, 0) is 18.8 Å². The van der Waals surface area contributed by atoms with Gasteiger partial charge in [-0.3, -0.25) is 4.98 Å². The van der Waals surface area contributed by atoms with Gasteiger partial charge in [-0.2, -0.15) is 4.98 Å². The smallest absolute Gasteiger partial charge is 0.233 e. The first-order chi connectivity index (χ1) is 7.83. The average molecular weight is 286 g/mol. The van der Waals surface area contributed by atoms with E-state index < -0.39 is 0 Å². The van der Waals surface area contributed by atoms with E-state index in [0.29, 0.717) is 11.8 Å². The van der Waals surface area contributed by atoms with Gasteiger partial charge in [0.25, 0.3) is 0 Å². The van der Waals surface area contributed by atoms with E-state index in [-0.39, 0.29) is 0 Å². The molecule has 1 saturated heterocycles. The molecule has 1 aliphatic rings. The molecule has 4 nitrogen and oxygen atoms in total. The second kappa shape index (κ2) is 5.48. The molecule has 0 N–H and O–H groups in total. The fraction of sp³-hybridized carbons (Fsp3) is 0.636. The van der Waals surface area contributed by atoms with E-state index in [9.17, 15) is 0 Å². The van der Waals surface area contributed by atoms with Crippen LogP contribution in [0.3, 0.4) is 0 Å². The molecular weight excluding hydrogens is 270 g/mol. The first kappa shape index (κ1) is 11.6. The molecule has 1 unspecified atom stereocenters. The van der Waals surface area contributed by atoms with Gasteiger partial charge in [0.15, 0.2) is 5.82 Å². The summed E-state index contributed by atoms with van der Waals surface area (Å²) in [4.78, 5) is 10.8. The zero-order valence-electron chi connectivity index (χ0n) is 9.40. The summed E-state index contributed by atoms with van der Waals surface area (Å²) in [6, 6.07) is 0. The minimum Gasteiger partial charge on any atom is -0.480 e. The van der Waals surface area contributed by atoms with Crippen molar-refractivity contribution in [2.45, 2.75) is 12.8 Å². The summed E-state index contributed by atoms with van der Waals surface area (Å²) in [5, 5.41) is 1.06. The maximum absolute atomic E-state index is 5.09. The van der Waals surface area contributed by atoms with Gasteiger partial charge in [-0.15, -0.1) is 0 Å². The predicted molar refractivity (Wildman–Crippen MR) is 67.3 cm³/mol. The van der Waals surface area contributed by atoms with Gasteiger partial charge < -0.3 is 9.64 Å². The normalized spacial score (nSPS) is 20.9. The Morgan fingerprint density at radius 3 is 3.19 bits per heavy atom. The second-order valence-corrected chi connectivity index (χ2v) is 4.68. The number of methoxy groups -OCH3 is 1. The van der Waals surface area contributed by atoms with Crippen molar-refractivity contribution in [3.05, 3.63) is 12.4 Å². The zero-order valence-corrected chi connectivity index (χ0v) is 11.0. The van der Waals surface area contributed by atoms with E-state index >= 15 is 0 Å². The minimum absolute atomic E-state index is 0.582. The van der Waals surface area contributed by atoms with Crippen molar-refractivity contribution in [1.29, 1.82) is 0 Å². The molecule has 5 heteroatoms. The summed E-state index contributed by atoms with van der Waals surface area (Å²) < 4.78 is 5.09. The number of rotatable bonds is 3. The fourth-order valence-corrected chi connectivity index (χ4v) is 2.52. The molecule has 1 aliphatic heterocycles. The molecule has 1 atom stereocenters. The van der Waals surface area contributed by atoms with Crippen molar-refractivity contribution in [2.24, 2.45) is 5.92 Å². The van der Waals surface area contributed by atoms with Gasteiger partial charge in [0.1, 0.15) is 0 Å². The van der Waals surface area contributed by atoms with E-state index in [0.717, 1.165) is 24.2 Å². The molecule has 88 valence electrons. The SMILES string of the molecule is COc1cncc(N2CCCC(CBr)C2)n1. The Morgan fingerprint density at radius 2 is 2.44 bits per heavy atom. The van der Waals surface area contributed by atoms with Crippen molar-refractivity contribution < 1.29 is 4.74 Å². The zero-order chi connectivity index (χ0) is 11.4. The maximum Gasteiger partial charge on any atom is 0.233 e. The maximum atomic E-state index is 5.09. The molecule has 0 spiro atoms. The lowest BCUT2D eigenvalue weighted by atomic mass is 10.0. The standard InChI is InChI=1S/C11H16BrN3O/c1-16-11-7-13-6-10(14-11)15-4-2-3-9(5-12)8-15/h6-7,9H,2-5,8H2,1H3. The highest BCUT2D eigenvalue weighted by Crippen LogP contribution is 2.23. The molecule has 0 amide bonds. The first-order valence-electron chi connectivity index (χ1n) is 5.50. The van der Waals surface area contributed by atoms with Crippen molar-refractivity contribution in [3.63, 3.8) is 0 Å². The molecule has 2 heterocycles. The third-order valence-electron chi connectivity index (χ3n) is 2.87. The largest absolute Gasteiger partial charge is 0.480 e. The molecule has 0 bridgehead atoms. The van der Waals surface area contributed by atoms with E-state index in [1.54, 1.807) is 19.5 Å². The molecule has 1 fully saturated rings. The van der Waals surface area contributed by atoms with E-state index in [2.05, 4.69) is 30.8 Å². The summed E-state index contributed by atoms with van der Waals surface area (Å²) in [6.07, 6.45) is 5.95. The fourth-order valence-electron chi connectivity index (χ4n) is 1.99. The van der Waals surface area contributed by atoms with Crippen molar-refractivity contribution >= 4 is 21.7 Å². The topological polar surface area (TPSA) is 38.2 Å². The number of nitrogens with zero attached hydrogens (tertiary/aromatic N) is 3. The highest BCUT2D eigenvalue weighted by Gasteiger charge is 2.20. The first-order valence-corrected chi connectivity index (χ1v) is 6.62. The third kappa shape index (κ3) is 2.64. The quantitative estimate of drug-likeness (QED) is 0.798. The van der Waals surface area contributed by atoms with Gasteiger partial charge in [0.2, 0.25) is 5.88 Å². The molecule has 0 aliphatic carbocycles. The van der Waals surface area contributed by atoms with Crippen LogP contribution in [0.4, 0.5) is 5.82 Å². The molecule has 0 radical (unpaired) electrons. The average Bonchev–Trinajstić information content (AvgIpc) is 2.39. The molecular formula is C11H16BrN3O. The summed E-state index contributed by atoms with van der Waals surface area (Å²) >= 11 is 3.55. The van der Waals surface area contributed by atoms with Crippen LogP contribution in [0.25, 0.3) is 0 Å².